The van der Waals surface area contributed by atoms with Crippen LogP contribution < -0.4 is 5.32 Å². The van der Waals surface area contributed by atoms with Crippen molar-refractivity contribution in [1.29, 1.82) is 0 Å². The first-order chi connectivity index (χ1) is 12.7. The Labute approximate surface area is 157 Å². The normalized spacial score (nSPS) is 11.5. The molecule has 0 bridgehead atoms. The first-order valence-corrected chi connectivity index (χ1v) is 8.32. The van der Waals surface area contributed by atoms with Crippen molar-refractivity contribution in [2.75, 3.05) is 5.32 Å². The molecule has 1 amide bonds. The molecule has 0 radical (unpaired) electrons. The van der Waals surface area contributed by atoms with Gasteiger partial charge in [-0.1, -0.05) is 29.0 Å². The van der Waals surface area contributed by atoms with E-state index >= 15 is 0 Å². The van der Waals surface area contributed by atoms with E-state index in [2.05, 4.69) is 15.5 Å². The van der Waals surface area contributed by atoms with Crippen molar-refractivity contribution in [1.82, 2.24) is 10.2 Å². The van der Waals surface area contributed by atoms with E-state index in [1.165, 1.54) is 0 Å². The number of nitrogens with zero attached hydrogens (tertiary/aromatic N) is 2. The maximum absolute atomic E-state index is 13.6. The number of alkyl halides is 3. The number of anilines is 1. The topological polar surface area (TPSA) is 54.9 Å². The lowest BCUT2D eigenvalue weighted by atomic mass is 10.1. The van der Waals surface area contributed by atoms with Crippen LogP contribution in [0.3, 0.4) is 0 Å². The molecule has 3 rings (SSSR count). The Morgan fingerprint density at radius 2 is 1.74 bits per heavy atom. The number of hydrogen-bond donors (Lipinski definition) is 1. The number of hydrogen-bond acceptors (Lipinski definition) is 4. The highest BCUT2D eigenvalue weighted by Gasteiger charge is 2.31. The monoisotopic (exact) mass is 419 g/mol. The van der Waals surface area contributed by atoms with Crippen LogP contribution in [0.4, 0.5) is 27.1 Å². The van der Waals surface area contributed by atoms with Crippen LogP contribution >= 0.6 is 22.9 Å². The molecule has 1 N–H and O–H groups in total. The third kappa shape index (κ3) is 4.06. The summed E-state index contributed by atoms with van der Waals surface area (Å²) in [5.41, 5.74) is -1.79. The Hall–Kier alpha value is -2.59. The number of aromatic nitrogens is 2. The highest BCUT2D eigenvalue weighted by Crippen LogP contribution is 2.37. The van der Waals surface area contributed by atoms with Crippen molar-refractivity contribution in [3.8, 4) is 10.6 Å². The maximum atomic E-state index is 13.6. The maximum Gasteiger partial charge on any atom is 0.416 e. The summed E-state index contributed by atoms with van der Waals surface area (Å²) in [4.78, 5) is 12.0. The molecular formula is C16H7ClF5N3OS. The molecule has 0 unspecified atom stereocenters. The third-order valence-electron chi connectivity index (χ3n) is 3.36. The molecule has 27 heavy (non-hydrogen) atoms. The van der Waals surface area contributed by atoms with Crippen LogP contribution in [-0.2, 0) is 6.18 Å². The van der Waals surface area contributed by atoms with Gasteiger partial charge in [-0.05, 0) is 30.3 Å². The summed E-state index contributed by atoms with van der Waals surface area (Å²) in [6, 6.07) is 5.59. The molecule has 0 saturated heterocycles. The second-order valence-corrected chi connectivity index (χ2v) is 6.54. The smallest absolute Gasteiger partial charge is 0.296 e. The molecule has 0 saturated carbocycles. The third-order valence-corrected chi connectivity index (χ3v) is 4.56. The van der Waals surface area contributed by atoms with E-state index in [-0.39, 0.29) is 20.7 Å². The summed E-state index contributed by atoms with van der Waals surface area (Å²) < 4.78 is 65.8. The molecule has 0 atom stereocenters. The lowest BCUT2D eigenvalue weighted by Crippen LogP contribution is -2.15. The minimum absolute atomic E-state index is 0.00262. The molecule has 1 heterocycles. The van der Waals surface area contributed by atoms with Crippen molar-refractivity contribution in [3.05, 3.63) is 64.2 Å². The Balaban J connectivity index is 1.89. The van der Waals surface area contributed by atoms with E-state index in [9.17, 15) is 26.7 Å². The summed E-state index contributed by atoms with van der Waals surface area (Å²) in [6.07, 6.45) is -4.58. The van der Waals surface area contributed by atoms with Crippen LogP contribution in [-0.4, -0.2) is 16.1 Å². The van der Waals surface area contributed by atoms with E-state index in [0.29, 0.717) is 11.3 Å². The van der Waals surface area contributed by atoms with E-state index < -0.39 is 34.8 Å². The fraction of sp³-hybridized carbons (Fsp3) is 0.0625. The summed E-state index contributed by atoms with van der Waals surface area (Å²) >= 11 is 6.62. The zero-order chi connectivity index (χ0) is 19.8. The number of halogens is 6. The van der Waals surface area contributed by atoms with Gasteiger partial charge in [-0.25, -0.2) is 8.78 Å². The van der Waals surface area contributed by atoms with Gasteiger partial charge in [0.25, 0.3) is 5.91 Å². The standard InChI is InChI=1S/C16H7ClF5N3OS/c17-9-5-4-7(16(20,21)22)6-8(9)14-24-25-15(27-14)23-13(26)12-10(18)2-1-3-11(12)19/h1-6H,(H,23,25,26). The number of nitrogens with one attached hydrogen (secondary N) is 1. The van der Waals surface area contributed by atoms with Gasteiger partial charge in [0.2, 0.25) is 5.13 Å². The second kappa shape index (κ2) is 7.20. The largest absolute Gasteiger partial charge is 0.416 e. The van der Waals surface area contributed by atoms with E-state index in [1.807, 2.05) is 0 Å². The number of amides is 1. The Morgan fingerprint density at radius 1 is 1.07 bits per heavy atom. The van der Waals surface area contributed by atoms with Crippen LogP contribution in [0.2, 0.25) is 5.02 Å². The van der Waals surface area contributed by atoms with Crippen molar-refractivity contribution in [2.45, 2.75) is 6.18 Å². The molecule has 0 aliphatic heterocycles. The van der Waals surface area contributed by atoms with Gasteiger partial charge >= 0.3 is 6.18 Å². The lowest BCUT2D eigenvalue weighted by Gasteiger charge is -2.08. The predicted molar refractivity (Wildman–Crippen MR) is 89.7 cm³/mol. The average molecular weight is 420 g/mol. The molecule has 0 spiro atoms. The number of carbonyl (C=O) groups is 1. The van der Waals surface area contributed by atoms with Gasteiger partial charge in [-0.3, -0.25) is 10.1 Å². The SMILES string of the molecule is O=C(Nc1nnc(-c2cc(C(F)(F)F)ccc2Cl)s1)c1c(F)cccc1F. The van der Waals surface area contributed by atoms with Gasteiger partial charge in [-0.2, -0.15) is 13.2 Å². The molecule has 1 aromatic heterocycles. The Kier molecular flexibility index (Phi) is 5.11. The molecule has 11 heteroatoms. The van der Waals surface area contributed by atoms with Crippen molar-refractivity contribution in [2.24, 2.45) is 0 Å². The molecule has 0 fully saturated rings. The van der Waals surface area contributed by atoms with Gasteiger partial charge in [0.05, 0.1) is 10.6 Å². The first-order valence-electron chi connectivity index (χ1n) is 7.13. The second-order valence-electron chi connectivity index (χ2n) is 5.16. The zero-order valence-corrected chi connectivity index (χ0v) is 14.5. The Morgan fingerprint density at radius 3 is 2.37 bits per heavy atom. The zero-order valence-electron chi connectivity index (χ0n) is 12.9. The van der Waals surface area contributed by atoms with Crippen LogP contribution in [0, 0.1) is 11.6 Å². The number of carbonyl (C=O) groups excluding carboxylic acids is 1. The van der Waals surface area contributed by atoms with Crippen LogP contribution in [0.1, 0.15) is 15.9 Å². The minimum atomic E-state index is -4.58. The van der Waals surface area contributed by atoms with Gasteiger partial charge in [-0.15, -0.1) is 10.2 Å². The van der Waals surface area contributed by atoms with Gasteiger partial charge < -0.3 is 0 Å². The van der Waals surface area contributed by atoms with Crippen LogP contribution in [0.25, 0.3) is 10.6 Å². The Bertz CT molecular complexity index is 1000. The quantitative estimate of drug-likeness (QED) is 0.578. The summed E-state index contributed by atoms with van der Waals surface area (Å²) in [5.74, 6) is -3.25. The van der Waals surface area contributed by atoms with E-state index in [4.69, 9.17) is 11.6 Å². The van der Waals surface area contributed by atoms with E-state index in [0.717, 1.165) is 36.4 Å². The molecule has 140 valence electrons. The van der Waals surface area contributed by atoms with Crippen molar-refractivity contribution >= 4 is 34.0 Å². The number of rotatable bonds is 3. The highest BCUT2D eigenvalue weighted by molar-refractivity contribution is 7.18. The minimum Gasteiger partial charge on any atom is -0.296 e. The van der Waals surface area contributed by atoms with Crippen LogP contribution in [0.15, 0.2) is 36.4 Å². The molecule has 4 nitrogen and oxygen atoms in total. The molecule has 2 aromatic carbocycles. The highest BCUT2D eigenvalue weighted by atomic mass is 35.5. The number of benzene rings is 2. The molecule has 0 aliphatic carbocycles. The van der Waals surface area contributed by atoms with Gasteiger partial charge in [0.1, 0.15) is 17.2 Å². The fourth-order valence-corrected chi connectivity index (χ4v) is 3.15. The summed E-state index contributed by atoms with van der Waals surface area (Å²) in [7, 11) is 0. The molecular weight excluding hydrogens is 413 g/mol. The van der Waals surface area contributed by atoms with Crippen LogP contribution in [0.5, 0.6) is 0 Å². The first kappa shape index (κ1) is 19.2. The summed E-state index contributed by atoms with van der Waals surface area (Å²) in [5, 5.41) is 9.27. The lowest BCUT2D eigenvalue weighted by molar-refractivity contribution is -0.137. The molecule has 0 aliphatic rings. The molecule has 3 aromatic rings. The fourth-order valence-electron chi connectivity index (χ4n) is 2.12. The van der Waals surface area contributed by atoms with Gasteiger partial charge in [0.15, 0.2) is 5.01 Å². The van der Waals surface area contributed by atoms with Crippen molar-refractivity contribution in [3.63, 3.8) is 0 Å². The van der Waals surface area contributed by atoms with Gasteiger partial charge in [0, 0.05) is 5.56 Å². The van der Waals surface area contributed by atoms with E-state index in [1.54, 1.807) is 0 Å². The van der Waals surface area contributed by atoms with Crippen molar-refractivity contribution < 1.29 is 26.7 Å². The summed E-state index contributed by atoms with van der Waals surface area (Å²) in [6.45, 7) is 0. The average Bonchev–Trinajstić information content (AvgIpc) is 3.02. The predicted octanol–water partition coefficient (Wildman–Crippen LogP) is 5.41.